The highest BCUT2D eigenvalue weighted by Gasteiger charge is 2.39. The van der Waals surface area contributed by atoms with E-state index in [1.807, 2.05) is 0 Å². The van der Waals surface area contributed by atoms with E-state index in [1.165, 1.54) is 19.3 Å². The fraction of sp³-hybridized carbons (Fsp3) is 1.00. The van der Waals surface area contributed by atoms with E-state index in [0.29, 0.717) is 0 Å². The Kier molecular flexibility index (Phi) is 4.34. The van der Waals surface area contributed by atoms with Crippen LogP contribution in [-0.2, 0) is 9.84 Å². The Bertz CT molecular complexity index is 380. The van der Waals surface area contributed by atoms with Crippen LogP contribution in [0.4, 0.5) is 0 Å². The predicted molar refractivity (Wildman–Crippen MR) is 74.2 cm³/mol. The van der Waals surface area contributed by atoms with Crippen molar-refractivity contribution in [1.29, 1.82) is 0 Å². The van der Waals surface area contributed by atoms with Gasteiger partial charge >= 0.3 is 0 Å². The van der Waals surface area contributed by atoms with Crippen molar-refractivity contribution in [2.75, 3.05) is 24.6 Å². The molecule has 2 aliphatic rings. The number of likely N-dealkylation sites (tertiary alicyclic amines) is 1. The molecule has 2 aliphatic heterocycles. The van der Waals surface area contributed by atoms with Gasteiger partial charge in [-0.3, -0.25) is 4.90 Å². The van der Waals surface area contributed by atoms with Crippen molar-refractivity contribution >= 4 is 9.84 Å². The topological polar surface area (TPSA) is 63.4 Å². The Morgan fingerprint density at radius 2 is 1.89 bits per heavy atom. The van der Waals surface area contributed by atoms with Crippen LogP contribution < -0.4 is 5.73 Å². The van der Waals surface area contributed by atoms with Gasteiger partial charge in [-0.15, -0.1) is 0 Å². The molecular weight excluding hydrogens is 248 g/mol. The van der Waals surface area contributed by atoms with E-state index in [4.69, 9.17) is 5.73 Å². The summed E-state index contributed by atoms with van der Waals surface area (Å²) < 4.78 is 23.3. The van der Waals surface area contributed by atoms with Gasteiger partial charge in [-0.2, -0.15) is 0 Å². The summed E-state index contributed by atoms with van der Waals surface area (Å²) in [6.07, 6.45) is 3.62. The molecule has 106 valence electrons. The van der Waals surface area contributed by atoms with Crippen LogP contribution in [-0.4, -0.2) is 50.0 Å². The average Bonchev–Trinajstić information content (AvgIpc) is 2.48. The fourth-order valence-corrected chi connectivity index (χ4v) is 5.30. The Morgan fingerprint density at radius 3 is 2.44 bits per heavy atom. The molecular formula is C13H26N2O2S. The summed E-state index contributed by atoms with van der Waals surface area (Å²) in [7, 11) is -2.90. The highest BCUT2D eigenvalue weighted by atomic mass is 32.2. The first-order chi connectivity index (χ1) is 8.39. The molecule has 0 aliphatic carbocycles. The summed E-state index contributed by atoms with van der Waals surface area (Å²) in [5.41, 5.74) is 6.01. The lowest BCUT2D eigenvalue weighted by Gasteiger charge is -2.29. The second kappa shape index (κ2) is 5.47. The molecule has 2 rings (SSSR count). The minimum atomic E-state index is -2.90. The Morgan fingerprint density at radius 1 is 1.17 bits per heavy atom. The first-order valence-electron chi connectivity index (χ1n) is 7.09. The zero-order chi connectivity index (χ0) is 13.3. The molecule has 18 heavy (non-hydrogen) atoms. The molecule has 3 unspecified atom stereocenters. The molecule has 2 fully saturated rings. The Hall–Kier alpha value is -0.130. The molecule has 0 aromatic heterocycles. The van der Waals surface area contributed by atoms with Gasteiger partial charge in [0.05, 0.1) is 11.5 Å². The largest absolute Gasteiger partial charge is 0.325 e. The van der Waals surface area contributed by atoms with Crippen LogP contribution >= 0.6 is 0 Å². The molecule has 4 nitrogen and oxygen atoms in total. The van der Waals surface area contributed by atoms with Crippen LogP contribution in [0.2, 0.25) is 0 Å². The van der Waals surface area contributed by atoms with Crippen molar-refractivity contribution in [2.24, 2.45) is 17.6 Å². The lowest BCUT2D eigenvalue weighted by Crippen LogP contribution is -2.47. The summed E-state index contributed by atoms with van der Waals surface area (Å²) in [5.74, 6) is 1.94. The second-order valence-corrected chi connectivity index (χ2v) is 8.43. The lowest BCUT2D eigenvalue weighted by molar-refractivity contribution is 0.200. The maximum absolute atomic E-state index is 11.6. The number of hydrogen-bond donors (Lipinski definition) is 1. The van der Waals surface area contributed by atoms with E-state index in [-0.39, 0.29) is 23.6 Å². The van der Waals surface area contributed by atoms with Gasteiger partial charge < -0.3 is 5.73 Å². The van der Waals surface area contributed by atoms with Crippen LogP contribution in [0.5, 0.6) is 0 Å². The molecule has 2 N–H and O–H groups in total. The number of nitrogens with two attached hydrogens (primary N) is 1. The van der Waals surface area contributed by atoms with Gasteiger partial charge in [0.25, 0.3) is 0 Å². The molecule has 2 heterocycles. The molecule has 0 aromatic rings. The Labute approximate surface area is 111 Å². The second-order valence-electron chi connectivity index (χ2n) is 6.28. The van der Waals surface area contributed by atoms with Gasteiger partial charge in [0.2, 0.25) is 0 Å². The monoisotopic (exact) mass is 274 g/mol. The molecule has 0 bridgehead atoms. The van der Waals surface area contributed by atoms with E-state index < -0.39 is 9.84 Å². The van der Waals surface area contributed by atoms with E-state index in [9.17, 15) is 8.42 Å². The third kappa shape index (κ3) is 3.25. The molecule has 5 heteroatoms. The molecule has 0 spiro atoms. The van der Waals surface area contributed by atoms with Crippen molar-refractivity contribution in [3.05, 3.63) is 0 Å². The van der Waals surface area contributed by atoms with Crippen LogP contribution in [0.1, 0.15) is 33.1 Å². The molecule has 0 aromatic carbocycles. The van der Waals surface area contributed by atoms with Gasteiger partial charge in [-0.05, 0) is 44.2 Å². The van der Waals surface area contributed by atoms with Crippen molar-refractivity contribution in [2.45, 2.75) is 45.2 Å². The zero-order valence-electron chi connectivity index (χ0n) is 11.5. The molecule has 0 amide bonds. The Balaban J connectivity index is 1.98. The smallest absolute Gasteiger partial charge is 0.153 e. The molecule has 3 atom stereocenters. The molecule has 0 radical (unpaired) electrons. The van der Waals surface area contributed by atoms with Gasteiger partial charge in [-0.1, -0.05) is 13.8 Å². The third-order valence-electron chi connectivity index (χ3n) is 4.58. The van der Waals surface area contributed by atoms with Crippen LogP contribution in [0.3, 0.4) is 0 Å². The van der Waals surface area contributed by atoms with Crippen molar-refractivity contribution in [3.63, 3.8) is 0 Å². The molecule has 0 saturated carbocycles. The molecule has 2 saturated heterocycles. The zero-order valence-corrected chi connectivity index (χ0v) is 12.3. The van der Waals surface area contributed by atoms with E-state index in [2.05, 4.69) is 18.7 Å². The van der Waals surface area contributed by atoms with Crippen LogP contribution in [0, 0.1) is 11.8 Å². The first-order valence-corrected chi connectivity index (χ1v) is 8.91. The van der Waals surface area contributed by atoms with Crippen LogP contribution in [0.25, 0.3) is 0 Å². The summed E-state index contributed by atoms with van der Waals surface area (Å²) >= 11 is 0. The third-order valence-corrected chi connectivity index (χ3v) is 6.33. The van der Waals surface area contributed by atoms with Crippen molar-refractivity contribution in [1.82, 2.24) is 4.90 Å². The van der Waals surface area contributed by atoms with Crippen molar-refractivity contribution < 1.29 is 8.42 Å². The lowest BCUT2D eigenvalue weighted by atomic mass is 9.89. The SMILES string of the molecule is CC(C)C1CCCN(C2CS(=O)(=O)CC2N)CC1. The standard InChI is InChI=1S/C13H26N2O2S/c1-10(2)11-4-3-6-15(7-5-11)13-9-18(16,17)8-12(13)14/h10-13H,3-9,14H2,1-2H3. The normalized spacial score (nSPS) is 37.9. The van der Waals surface area contributed by atoms with E-state index in [0.717, 1.165) is 24.9 Å². The number of nitrogens with zero attached hydrogens (tertiary/aromatic N) is 1. The van der Waals surface area contributed by atoms with Gasteiger partial charge in [-0.25, -0.2) is 8.42 Å². The summed E-state index contributed by atoms with van der Waals surface area (Å²) in [6, 6.07) is -0.133. The average molecular weight is 274 g/mol. The van der Waals surface area contributed by atoms with Gasteiger partial charge in [0.1, 0.15) is 0 Å². The van der Waals surface area contributed by atoms with E-state index in [1.54, 1.807) is 0 Å². The maximum atomic E-state index is 11.6. The first kappa shape index (κ1) is 14.3. The summed E-state index contributed by atoms with van der Waals surface area (Å²) in [4.78, 5) is 2.33. The number of rotatable bonds is 2. The number of hydrogen-bond acceptors (Lipinski definition) is 4. The predicted octanol–water partition coefficient (Wildman–Crippen LogP) is 0.869. The van der Waals surface area contributed by atoms with E-state index >= 15 is 0 Å². The summed E-state index contributed by atoms with van der Waals surface area (Å²) in [6.45, 7) is 6.59. The summed E-state index contributed by atoms with van der Waals surface area (Å²) in [5, 5.41) is 0. The highest BCUT2D eigenvalue weighted by Crippen LogP contribution is 2.27. The van der Waals surface area contributed by atoms with Crippen LogP contribution in [0.15, 0.2) is 0 Å². The van der Waals surface area contributed by atoms with Gasteiger partial charge in [0, 0.05) is 12.1 Å². The van der Waals surface area contributed by atoms with Gasteiger partial charge in [0.15, 0.2) is 9.84 Å². The number of sulfone groups is 1. The fourth-order valence-electron chi connectivity index (χ4n) is 3.37. The van der Waals surface area contributed by atoms with Crippen molar-refractivity contribution in [3.8, 4) is 0 Å². The quantitative estimate of drug-likeness (QED) is 0.811. The highest BCUT2D eigenvalue weighted by molar-refractivity contribution is 7.91. The minimum Gasteiger partial charge on any atom is -0.325 e. The minimum absolute atomic E-state index is 0.0564. The maximum Gasteiger partial charge on any atom is 0.153 e.